The number of nitrogens with one attached hydrogen (secondary N) is 1. The normalized spacial score (nSPS) is 19.7. The van der Waals surface area contributed by atoms with Gasteiger partial charge in [0.15, 0.2) is 5.92 Å². The van der Waals surface area contributed by atoms with E-state index in [1.807, 2.05) is 0 Å². The van der Waals surface area contributed by atoms with Crippen LogP contribution < -0.4 is 11.1 Å². The highest BCUT2D eigenvalue weighted by atomic mass is 16.5. The van der Waals surface area contributed by atoms with Gasteiger partial charge >= 0.3 is 11.9 Å². The fourth-order valence-corrected chi connectivity index (χ4v) is 2.46. The highest BCUT2D eigenvalue weighted by molar-refractivity contribution is 5.97. The van der Waals surface area contributed by atoms with Crippen LogP contribution in [0.3, 0.4) is 0 Å². The lowest BCUT2D eigenvalue weighted by molar-refractivity contribution is -0.162. The molecule has 0 bridgehead atoms. The Hall–Kier alpha value is -2.16. The maximum Gasteiger partial charge on any atom is 0.320 e. The van der Waals surface area contributed by atoms with Crippen molar-refractivity contribution in [3.8, 4) is 0 Å². The van der Waals surface area contributed by atoms with Crippen molar-refractivity contribution < 1.29 is 33.4 Å². The van der Waals surface area contributed by atoms with E-state index in [2.05, 4.69) is 14.8 Å². The van der Waals surface area contributed by atoms with Crippen LogP contribution in [0.25, 0.3) is 0 Å². The van der Waals surface area contributed by atoms with E-state index in [9.17, 15) is 19.2 Å². The minimum atomic E-state index is -1.38. The summed E-state index contributed by atoms with van der Waals surface area (Å²) < 4.78 is 14.3. The summed E-state index contributed by atoms with van der Waals surface area (Å²) in [5.74, 6) is -5.46. The number of rotatable bonds is 7. The highest BCUT2D eigenvalue weighted by Gasteiger charge is 2.42. The molecule has 0 unspecified atom stereocenters. The predicted octanol–water partition coefficient (Wildman–Crippen LogP) is -1.27. The zero-order chi connectivity index (χ0) is 17.6. The Balaban J connectivity index is 2.92. The average Bonchev–Trinajstić information content (AvgIpc) is 3.05. The molecule has 1 aliphatic rings. The Morgan fingerprint density at radius 1 is 1.17 bits per heavy atom. The second-order valence-electron chi connectivity index (χ2n) is 5.27. The van der Waals surface area contributed by atoms with Crippen LogP contribution >= 0.6 is 0 Å². The first-order valence-corrected chi connectivity index (χ1v) is 7.20. The van der Waals surface area contributed by atoms with Crippen LogP contribution in [0.1, 0.15) is 19.8 Å². The van der Waals surface area contributed by atoms with Crippen LogP contribution in [-0.2, 0) is 33.4 Å². The smallest absolute Gasteiger partial charge is 0.320 e. The fourth-order valence-electron chi connectivity index (χ4n) is 2.46. The molecule has 0 aromatic rings. The van der Waals surface area contributed by atoms with Gasteiger partial charge in [0.1, 0.15) is 12.1 Å². The minimum absolute atomic E-state index is 0.460. The number of ether oxygens (including phenoxy) is 3. The summed E-state index contributed by atoms with van der Waals surface area (Å²) in [6.07, 6.45) is 0.601. The van der Waals surface area contributed by atoms with E-state index in [-0.39, 0.29) is 0 Å². The molecule has 2 amide bonds. The fraction of sp³-hybridized carbons (Fsp3) is 0.714. The number of hydrogen-bond donors (Lipinski definition) is 2. The molecule has 0 radical (unpaired) electrons. The van der Waals surface area contributed by atoms with Crippen molar-refractivity contribution in [1.29, 1.82) is 0 Å². The molecule has 9 heteroatoms. The van der Waals surface area contributed by atoms with Gasteiger partial charge in [-0.2, -0.15) is 0 Å². The summed E-state index contributed by atoms with van der Waals surface area (Å²) in [5, 5.41) is 2.44. The molecule has 0 aromatic heterocycles. The summed E-state index contributed by atoms with van der Waals surface area (Å²) in [6, 6.07) is -1.24. The van der Waals surface area contributed by atoms with Crippen molar-refractivity contribution in [2.75, 3.05) is 20.8 Å². The quantitative estimate of drug-likeness (QED) is 0.439. The third kappa shape index (κ3) is 4.65. The molecule has 1 saturated heterocycles. The molecule has 9 nitrogen and oxygen atoms in total. The molecule has 3 N–H and O–H groups in total. The van der Waals surface area contributed by atoms with Gasteiger partial charge in [-0.3, -0.25) is 19.2 Å². The molecular weight excluding hydrogens is 308 g/mol. The van der Waals surface area contributed by atoms with Gasteiger partial charge in [0, 0.05) is 12.5 Å². The molecule has 130 valence electrons. The molecule has 0 aliphatic carbocycles. The van der Waals surface area contributed by atoms with E-state index in [0.29, 0.717) is 13.0 Å². The average molecular weight is 330 g/mol. The Morgan fingerprint density at radius 2 is 1.74 bits per heavy atom. The second kappa shape index (κ2) is 8.47. The van der Waals surface area contributed by atoms with E-state index < -0.39 is 47.7 Å². The number of nitrogens with two attached hydrogens (primary N) is 1. The molecule has 0 saturated carbocycles. The Labute approximate surface area is 133 Å². The van der Waals surface area contributed by atoms with Gasteiger partial charge in [-0.1, -0.05) is 6.92 Å². The first kappa shape index (κ1) is 18.9. The molecular formula is C14H22N2O7. The molecule has 1 fully saturated rings. The topological polar surface area (TPSA) is 134 Å². The molecule has 1 heterocycles. The Kier molecular flexibility index (Phi) is 6.95. The number of amides is 2. The van der Waals surface area contributed by atoms with E-state index in [1.165, 1.54) is 6.92 Å². The largest absolute Gasteiger partial charge is 0.468 e. The van der Waals surface area contributed by atoms with E-state index >= 15 is 0 Å². The third-order valence-electron chi connectivity index (χ3n) is 3.79. The molecule has 3 atom stereocenters. The summed E-state index contributed by atoms with van der Waals surface area (Å²) in [6.45, 7) is 1.89. The minimum Gasteiger partial charge on any atom is -0.468 e. The molecule has 0 spiro atoms. The lowest BCUT2D eigenvalue weighted by Gasteiger charge is -2.27. The summed E-state index contributed by atoms with van der Waals surface area (Å²) in [4.78, 5) is 47.4. The van der Waals surface area contributed by atoms with Crippen molar-refractivity contribution in [1.82, 2.24) is 5.32 Å². The lowest BCUT2D eigenvalue weighted by Crippen LogP contribution is -2.54. The van der Waals surface area contributed by atoms with Crippen molar-refractivity contribution in [2.24, 2.45) is 17.6 Å². The van der Waals surface area contributed by atoms with Crippen molar-refractivity contribution >= 4 is 23.8 Å². The van der Waals surface area contributed by atoms with Gasteiger partial charge in [-0.05, 0) is 12.8 Å². The van der Waals surface area contributed by atoms with Crippen molar-refractivity contribution in [3.63, 3.8) is 0 Å². The zero-order valence-electron chi connectivity index (χ0n) is 13.4. The van der Waals surface area contributed by atoms with Crippen LogP contribution in [0.4, 0.5) is 0 Å². The van der Waals surface area contributed by atoms with Crippen LogP contribution in [0.2, 0.25) is 0 Å². The number of primary amides is 1. The second-order valence-corrected chi connectivity index (χ2v) is 5.27. The van der Waals surface area contributed by atoms with Gasteiger partial charge < -0.3 is 25.3 Å². The van der Waals surface area contributed by atoms with Crippen molar-refractivity contribution in [3.05, 3.63) is 0 Å². The number of carbonyl (C=O) groups is 4. The number of hydrogen-bond acceptors (Lipinski definition) is 7. The molecule has 1 aliphatic heterocycles. The van der Waals surface area contributed by atoms with Crippen molar-refractivity contribution in [2.45, 2.75) is 31.9 Å². The zero-order valence-corrected chi connectivity index (χ0v) is 13.4. The monoisotopic (exact) mass is 330 g/mol. The van der Waals surface area contributed by atoms with Crippen LogP contribution in [0.15, 0.2) is 0 Å². The van der Waals surface area contributed by atoms with Crippen LogP contribution in [0, 0.1) is 11.8 Å². The predicted molar refractivity (Wildman–Crippen MR) is 76.8 cm³/mol. The van der Waals surface area contributed by atoms with Gasteiger partial charge in [0.25, 0.3) is 0 Å². The molecule has 23 heavy (non-hydrogen) atoms. The van der Waals surface area contributed by atoms with Crippen LogP contribution in [-0.4, -0.2) is 56.7 Å². The van der Waals surface area contributed by atoms with Gasteiger partial charge in [-0.15, -0.1) is 0 Å². The van der Waals surface area contributed by atoms with E-state index in [4.69, 9.17) is 10.5 Å². The standard InChI is InChI=1S/C14H22N2O7/c1-7(9(13(19)21-2)14(20)22-3)10(11(15)17)16-12(18)8-5-4-6-23-8/h7-10H,4-6H2,1-3H3,(H2,15,17)(H,16,18)/t7-,8+,10-/m1/s1. The first-order chi connectivity index (χ1) is 10.8. The molecule has 1 rings (SSSR count). The van der Waals surface area contributed by atoms with E-state index in [1.54, 1.807) is 0 Å². The Bertz CT molecular complexity index is 458. The summed E-state index contributed by atoms with van der Waals surface area (Å²) >= 11 is 0. The Morgan fingerprint density at radius 3 is 2.13 bits per heavy atom. The maximum atomic E-state index is 12.1. The SMILES string of the molecule is COC(=O)C(C(=O)OC)[C@@H](C)[C@@H](NC(=O)[C@@H]1CCCO1)C(N)=O. The van der Waals surface area contributed by atoms with Gasteiger partial charge in [-0.25, -0.2) is 0 Å². The maximum absolute atomic E-state index is 12.1. The van der Waals surface area contributed by atoms with E-state index in [0.717, 1.165) is 20.6 Å². The number of carbonyl (C=O) groups excluding carboxylic acids is 4. The first-order valence-electron chi connectivity index (χ1n) is 7.20. The van der Waals surface area contributed by atoms with Gasteiger partial charge in [0.2, 0.25) is 11.8 Å². The highest BCUT2D eigenvalue weighted by Crippen LogP contribution is 2.20. The van der Waals surface area contributed by atoms with Gasteiger partial charge in [0.05, 0.1) is 14.2 Å². The molecule has 0 aromatic carbocycles. The number of esters is 2. The van der Waals surface area contributed by atoms with Crippen LogP contribution in [0.5, 0.6) is 0 Å². The number of methoxy groups -OCH3 is 2. The summed E-state index contributed by atoms with van der Waals surface area (Å²) in [7, 11) is 2.21. The lowest BCUT2D eigenvalue weighted by atomic mass is 9.86. The summed E-state index contributed by atoms with van der Waals surface area (Å²) in [5.41, 5.74) is 5.31. The third-order valence-corrected chi connectivity index (χ3v) is 3.79.